The van der Waals surface area contributed by atoms with Gasteiger partial charge in [0.2, 0.25) is 5.95 Å². The summed E-state index contributed by atoms with van der Waals surface area (Å²) in [4.78, 5) is 30.9. The predicted molar refractivity (Wildman–Crippen MR) is 140 cm³/mol. The first-order valence-corrected chi connectivity index (χ1v) is 12.5. The minimum absolute atomic E-state index is 0.104. The zero-order chi connectivity index (χ0) is 23.9. The molecule has 9 heteroatoms. The Bertz CT molecular complexity index is 1220. The second-order valence-corrected chi connectivity index (χ2v) is 11.8. The number of hydrogen-bond acceptors (Lipinski definition) is 6. The van der Waals surface area contributed by atoms with Crippen LogP contribution < -0.4 is 15.1 Å². The predicted octanol–water partition coefficient (Wildman–Crippen LogP) is 4.93. The second-order valence-electron chi connectivity index (χ2n) is 9.18. The van der Waals surface area contributed by atoms with E-state index < -0.39 is 0 Å². The molecule has 0 aliphatic carbocycles. The lowest BCUT2D eigenvalue weighted by molar-refractivity contribution is 0.102. The molecule has 2 atom stereocenters. The quantitative estimate of drug-likeness (QED) is 0.345. The molecule has 0 radical (unpaired) electrons. The molecule has 0 saturated carbocycles. The minimum Gasteiger partial charge on any atom is -0.354 e. The number of nitrogens with one attached hydrogen (secondary N) is 1. The van der Waals surface area contributed by atoms with Crippen molar-refractivity contribution in [3.8, 4) is 11.1 Å². The van der Waals surface area contributed by atoms with E-state index in [-0.39, 0.29) is 15.1 Å². The van der Waals surface area contributed by atoms with Crippen LogP contribution in [0, 0.1) is 5.82 Å². The molecule has 1 N–H and O–H groups in total. The Balaban J connectivity index is 1.50. The van der Waals surface area contributed by atoms with Crippen LogP contribution in [0.1, 0.15) is 37.0 Å². The van der Waals surface area contributed by atoms with Crippen molar-refractivity contribution >= 4 is 46.0 Å². The third kappa shape index (κ3) is 4.45. The number of amides is 1. The third-order valence-electron chi connectivity index (χ3n) is 6.53. The molecule has 7 nitrogen and oxygen atoms in total. The van der Waals surface area contributed by atoms with Gasteiger partial charge in [-0.3, -0.25) is 4.79 Å². The number of pyridine rings is 1. The van der Waals surface area contributed by atoms with Crippen LogP contribution in [0.15, 0.2) is 48.9 Å². The number of benzene rings is 1. The fourth-order valence-electron chi connectivity index (χ4n) is 4.41. The first-order valence-electron chi connectivity index (χ1n) is 11.4. The monoisotopic (exact) mass is 572 g/mol. The summed E-state index contributed by atoms with van der Waals surface area (Å²) in [5.41, 5.74) is 1.83. The van der Waals surface area contributed by atoms with E-state index in [1.807, 2.05) is 0 Å². The molecule has 34 heavy (non-hydrogen) atoms. The Morgan fingerprint density at radius 2 is 1.91 bits per heavy atom. The fraction of sp³-hybridized carbons (Fsp3) is 0.360. The van der Waals surface area contributed by atoms with Crippen molar-refractivity contribution in [2.45, 2.75) is 36.2 Å². The molecule has 2 saturated heterocycles. The van der Waals surface area contributed by atoms with Crippen molar-refractivity contribution in [2.75, 3.05) is 34.8 Å². The molecule has 176 valence electrons. The number of anilines is 3. The maximum atomic E-state index is 14.8. The van der Waals surface area contributed by atoms with E-state index in [4.69, 9.17) is 0 Å². The molecule has 0 bridgehead atoms. The van der Waals surface area contributed by atoms with Gasteiger partial charge in [-0.05, 0) is 38.8 Å². The Morgan fingerprint density at radius 3 is 2.53 bits per heavy atom. The standard InChI is InChI=1S/C25H26FIN6O/c1-16-8-11-33(16)24-29-13-17(14-30-24)23(34)31-21-19(18-5-3-4-6-20(18)26)7-10-28-22(21)32-12-9-25(2,27)15-32/h3-7,10,13-14,16H,8-9,11-12,15H2,1-2H3,(H,31,34). The molecular formula is C25H26FIN6O. The number of alkyl halides is 1. The second kappa shape index (κ2) is 9.09. The lowest BCUT2D eigenvalue weighted by atomic mass is 10.0. The number of carbonyl (C=O) groups is 1. The van der Waals surface area contributed by atoms with Gasteiger partial charge in [0.05, 0.1) is 11.3 Å². The number of rotatable bonds is 5. The van der Waals surface area contributed by atoms with E-state index in [9.17, 15) is 9.18 Å². The molecule has 2 fully saturated rings. The highest BCUT2D eigenvalue weighted by molar-refractivity contribution is 14.1. The van der Waals surface area contributed by atoms with Gasteiger partial charge in [-0.1, -0.05) is 40.8 Å². The van der Waals surface area contributed by atoms with E-state index in [0.717, 1.165) is 32.5 Å². The smallest absolute Gasteiger partial charge is 0.258 e. The Kier molecular flexibility index (Phi) is 6.13. The highest BCUT2D eigenvalue weighted by atomic mass is 127. The largest absolute Gasteiger partial charge is 0.354 e. The minimum atomic E-state index is -0.355. The van der Waals surface area contributed by atoms with Gasteiger partial charge in [-0.25, -0.2) is 19.3 Å². The summed E-state index contributed by atoms with van der Waals surface area (Å²) >= 11 is 2.46. The van der Waals surface area contributed by atoms with Crippen LogP contribution in [0.2, 0.25) is 0 Å². The number of nitrogens with zero attached hydrogens (tertiary/aromatic N) is 5. The molecule has 1 aromatic carbocycles. The molecule has 0 spiro atoms. The lowest BCUT2D eigenvalue weighted by Crippen LogP contribution is -2.46. The third-order valence-corrected chi connectivity index (χ3v) is 7.41. The summed E-state index contributed by atoms with van der Waals surface area (Å²) in [5.74, 6) is 0.558. The van der Waals surface area contributed by atoms with E-state index in [2.05, 4.69) is 66.5 Å². The number of aromatic nitrogens is 3. The van der Waals surface area contributed by atoms with Gasteiger partial charge < -0.3 is 15.1 Å². The summed E-state index contributed by atoms with van der Waals surface area (Å²) in [6, 6.07) is 8.71. The molecule has 2 aliphatic rings. The van der Waals surface area contributed by atoms with Gasteiger partial charge in [-0.2, -0.15) is 0 Å². The summed E-state index contributed by atoms with van der Waals surface area (Å²) in [6.45, 7) is 6.84. The maximum Gasteiger partial charge on any atom is 0.258 e. The van der Waals surface area contributed by atoms with Gasteiger partial charge in [-0.15, -0.1) is 0 Å². The van der Waals surface area contributed by atoms with Crippen LogP contribution in [-0.4, -0.2) is 50.0 Å². The van der Waals surface area contributed by atoms with Crippen LogP contribution >= 0.6 is 22.6 Å². The molecule has 5 rings (SSSR count). The van der Waals surface area contributed by atoms with Crippen LogP contribution in [-0.2, 0) is 0 Å². The SMILES string of the molecule is CC1CCN1c1ncc(C(=O)Nc2c(-c3ccccc3F)ccnc2N2CCC(C)(I)C2)cn1. The van der Waals surface area contributed by atoms with Crippen molar-refractivity contribution in [3.63, 3.8) is 0 Å². The highest BCUT2D eigenvalue weighted by Gasteiger charge is 2.34. The Hall–Kier alpha value is -2.82. The first-order chi connectivity index (χ1) is 16.3. The van der Waals surface area contributed by atoms with Gasteiger partial charge in [0.25, 0.3) is 5.91 Å². The van der Waals surface area contributed by atoms with Crippen molar-refractivity contribution in [1.29, 1.82) is 0 Å². The normalized spacial score (nSPS) is 21.9. The van der Waals surface area contributed by atoms with E-state index >= 15 is 0 Å². The van der Waals surface area contributed by atoms with Crippen LogP contribution in [0.25, 0.3) is 11.1 Å². The summed E-state index contributed by atoms with van der Waals surface area (Å²) in [5, 5.41) is 3.00. The zero-order valence-electron chi connectivity index (χ0n) is 19.1. The number of halogens is 2. The van der Waals surface area contributed by atoms with Gasteiger partial charge in [0, 0.05) is 58.8 Å². The van der Waals surface area contributed by atoms with Crippen molar-refractivity contribution in [2.24, 2.45) is 0 Å². The average Bonchev–Trinajstić information content (AvgIpc) is 3.18. The molecule has 2 unspecified atom stereocenters. The number of carbonyl (C=O) groups excluding carboxylic acids is 1. The van der Waals surface area contributed by atoms with Gasteiger partial charge >= 0.3 is 0 Å². The molecule has 2 aliphatic heterocycles. The average molecular weight is 572 g/mol. The Labute approximate surface area is 212 Å². The van der Waals surface area contributed by atoms with Crippen molar-refractivity contribution < 1.29 is 9.18 Å². The Morgan fingerprint density at radius 1 is 1.15 bits per heavy atom. The molecule has 1 amide bonds. The number of hydrogen-bond donors (Lipinski definition) is 1. The molecular weight excluding hydrogens is 546 g/mol. The topological polar surface area (TPSA) is 74.2 Å². The summed E-state index contributed by atoms with van der Waals surface area (Å²) < 4.78 is 14.9. The molecule has 4 heterocycles. The van der Waals surface area contributed by atoms with Crippen LogP contribution in [0.5, 0.6) is 0 Å². The fourth-order valence-corrected chi connectivity index (χ4v) is 5.06. The maximum absolute atomic E-state index is 14.8. The molecule has 2 aromatic heterocycles. The summed E-state index contributed by atoms with van der Waals surface area (Å²) in [6.07, 6.45) is 6.86. The van der Waals surface area contributed by atoms with Gasteiger partial charge in [0.15, 0.2) is 5.82 Å². The van der Waals surface area contributed by atoms with Gasteiger partial charge in [0.1, 0.15) is 5.82 Å². The van der Waals surface area contributed by atoms with Crippen LogP contribution in [0.4, 0.5) is 21.8 Å². The molecule has 3 aromatic rings. The zero-order valence-corrected chi connectivity index (χ0v) is 21.3. The summed E-state index contributed by atoms with van der Waals surface area (Å²) in [7, 11) is 0. The van der Waals surface area contributed by atoms with E-state index in [1.165, 1.54) is 6.07 Å². The lowest BCUT2D eigenvalue weighted by Gasteiger charge is -2.38. The van der Waals surface area contributed by atoms with Crippen molar-refractivity contribution in [1.82, 2.24) is 15.0 Å². The van der Waals surface area contributed by atoms with E-state index in [1.54, 1.807) is 42.9 Å². The van der Waals surface area contributed by atoms with Crippen LogP contribution in [0.3, 0.4) is 0 Å². The van der Waals surface area contributed by atoms with E-state index in [0.29, 0.717) is 40.2 Å². The van der Waals surface area contributed by atoms with Crippen molar-refractivity contribution in [3.05, 3.63) is 60.3 Å². The highest BCUT2D eigenvalue weighted by Crippen LogP contribution is 2.40. The first kappa shape index (κ1) is 22.9.